The lowest BCUT2D eigenvalue weighted by Gasteiger charge is -2.39. The van der Waals surface area contributed by atoms with Crippen molar-refractivity contribution in [3.8, 4) is 0 Å². The van der Waals surface area contributed by atoms with Gasteiger partial charge in [0.15, 0.2) is 0 Å². The molecule has 3 nitrogen and oxygen atoms in total. The van der Waals surface area contributed by atoms with Crippen LogP contribution in [0, 0.1) is 0 Å². The second kappa shape index (κ2) is 16.4. The summed E-state index contributed by atoms with van der Waals surface area (Å²) in [6.45, 7) is 3.37. The summed E-state index contributed by atoms with van der Waals surface area (Å²) in [6.07, 6.45) is 17.9. The Balaban J connectivity index is 2.38. The molecule has 0 aromatic heterocycles. The molecule has 1 unspecified atom stereocenters. The standard InChI is InChI=1S/C27H47NO2/c1-4-5-6-7-8-9-10-11-12-17-22-26(25-20-15-13-16-21-25)28(2,3)24-19-14-18-23-27(29)30/h13,15-16,20-21,26H,4-12,14,17-19,22-24H2,1-3H3. The number of quaternary nitrogens is 1. The van der Waals surface area contributed by atoms with Gasteiger partial charge in [-0.3, -0.25) is 0 Å². The fourth-order valence-corrected chi connectivity index (χ4v) is 4.54. The molecule has 0 saturated carbocycles. The number of nitrogens with zero attached hydrogens (tertiary/aromatic N) is 1. The van der Waals surface area contributed by atoms with E-state index in [4.69, 9.17) is 0 Å². The summed E-state index contributed by atoms with van der Waals surface area (Å²) < 4.78 is 0.979. The molecule has 1 atom stereocenters. The number of hydrogen-bond acceptors (Lipinski definition) is 2. The fourth-order valence-electron chi connectivity index (χ4n) is 4.54. The normalized spacial score (nSPS) is 12.8. The van der Waals surface area contributed by atoms with Crippen LogP contribution in [0.15, 0.2) is 30.3 Å². The average molecular weight is 418 g/mol. The SMILES string of the molecule is CCCCCCCCCCCCC(c1ccccc1)[N+](C)(C)CCCCCC(=O)[O-]. The predicted octanol–water partition coefficient (Wildman–Crippen LogP) is 6.43. The van der Waals surface area contributed by atoms with Gasteiger partial charge in [-0.2, -0.15) is 0 Å². The van der Waals surface area contributed by atoms with Crippen molar-refractivity contribution >= 4 is 5.97 Å². The van der Waals surface area contributed by atoms with Gasteiger partial charge in [0.25, 0.3) is 0 Å². The molecule has 172 valence electrons. The summed E-state index contributed by atoms with van der Waals surface area (Å²) >= 11 is 0. The summed E-state index contributed by atoms with van der Waals surface area (Å²) in [6, 6.07) is 11.5. The van der Waals surface area contributed by atoms with E-state index < -0.39 is 5.97 Å². The minimum absolute atomic E-state index is 0.189. The second-order valence-electron chi connectivity index (χ2n) is 9.58. The molecule has 3 heteroatoms. The van der Waals surface area contributed by atoms with Gasteiger partial charge in [-0.1, -0.05) is 95.0 Å². The number of carbonyl (C=O) groups excluding carboxylic acids is 1. The Morgan fingerprint density at radius 2 is 1.33 bits per heavy atom. The van der Waals surface area contributed by atoms with E-state index in [0.29, 0.717) is 6.04 Å². The van der Waals surface area contributed by atoms with Crippen molar-refractivity contribution in [3.05, 3.63) is 35.9 Å². The molecule has 0 aliphatic heterocycles. The molecule has 30 heavy (non-hydrogen) atoms. The van der Waals surface area contributed by atoms with E-state index in [0.717, 1.165) is 30.3 Å². The first-order valence-corrected chi connectivity index (χ1v) is 12.5. The number of carboxylic acid groups (broad SMARTS) is 1. The highest BCUT2D eigenvalue weighted by Crippen LogP contribution is 2.31. The van der Waals surface area contributed by atoms with Gasteiger partial charge in [0.1, 0.15) is 6.04 Å². The summed E-state index contributed by atoms with van der Waals surface area (Å²) in [5.74, 6) is -0.924. The van der Waals surface area contributed by atoms with E-state index >= 15 is 0 Å². The van der Waals surface area contributed by atoms with Crippen LogP contribution in [0.25, 0.3) is 0 Å². The third-order valence-electron chi connectivity index (χ3n) is 6.47. The summed E-state index contributed by atoms with van der Waals surface area (Å²) in [7, 11) is 4.68. The van der Waals surface area contributed by atoms with Gasteiger partial charge in [-0.25, -0.2) is 0 Å². The highest BCUT2D eigenvalue weighted by Gasteiger charge is 2.28. The van der Waals surface area contributed by atoms with E-state index in [1.165, 1.54) is 76.2 Å². The van der Waals surface area contributed by atoms with Gasteiger partial charge in [-0.05, 0) is 32.1 Å². The monoisotopic (exact) mass is 417 g/mol. The van der Waals surface area contributed by atoms with Gasteiger partial charge in [0.2, 0.25) is 0 Å². The van der Waals surface area contributed by atoms with E-state index in [-0.39, 0.29) is 6.42 Å². The maximum absolute atomic E-state index is 10.6. The molecule has 0 fully saturated rings. The number of aliphatic carboxylic acids is 1. The first kappa shape index (κ1) is 26.7. The molecular formula is C27H47NO2. The molecule has 0 bridgehead atoms. The number of unbranched alkanes of at least 4 members (excludes halogenated alkanes) is 11. The van der Waals surface area contributed by atoms with Crippen LogP contribution in [-0.2, 0) is 4.79 Å². The molecular weight excluding hydrogens is 370 g/mol. The fraction of sp³-hybridized carbons (Fsp3) is 0.741. The summed E-state index contributed by atoms with van der Waals surface area (Å²) in [5.41, 5.74) is 1.44. The van der Waals surface area contributed by atoms with E-state index in [2.05, 4.69) is 51.4 Å². The Bertz CT molecular complexity index is 541. The average Bonchev–Trinajstić information content (AvgIpc) is 2.72. The molecule has 0 N–H and O–H groups in total. The van der Waals surface area contributed by atoms with Crippen molar-refractivity contribution < 1.29 is 14.4 Å². The molecule has 0 radical (unpaired) electrons. The number of carbonyl (C=O) groups is 1. The lowest BCUT2D eigenvalue weighted by molar-refractivity contribution is -0.921. The molecule has 1 rings (SSSR count). The smallest absolute Gasteiger partial charge is 0.114 e. The van der Waals surface area contributed by atoms with Crippen LogP contribution in [0.1, 0.15) is 115 Å². The van der Waals surface area contributed by atoms with Crippen LogP contribution in [0.5, 0.6) is 0 Å². The maximum Gasteiger partial charge on any atom is 0.114 e. The van der Waals surface area contributed by atoms with Crippen molar-refractivity contribution in [3.63, 3.8) is 0 Å². The van der Waals surface area contributed by atoms with Crippen molar-refractivity contribution in [2.45, 2.75) is 109 Å². The molecule has 0 heterocycles. The topological polar surface area (TPSA) is 40.1 Å². The lowest BCUT2D eigenvalue weighted by atomic mass is 9.96. The van der Waals surface area contributed by atoms with Crippen LogP contribution >= 0.6 is 0 Å². The van der Waals surface area contributed by atoms with Crippen LogP contribution in [0.4, 0.5) is 0 Å². The van der Waals surface area contributed by atoms with Crippen molar-refractivity contribution in [2.75, 3.05) is 20.6 Å². The first-order chi connectivity index (χ1) is 14.5. The zero-order chi connectivity index (χ0) is 22.1. The highest BCUT2D eigenvalue weighted by atomic mass is 16.4. The second-order valence-corrected chi connectivity index (χ2v) is 9.58. The minimum atomic E-state index is -0.924. The van der Waals surface area contributed by atoms with Crippen LogP contribution < -0.4 is 5.11 Å². The van der Waals surface area contributed by atoms with Gasteiger partial charge in [-0.15, -0.1) is 0 Å². The Kier molecular flexibility index (Phi) is 14.5. The van der Waals surface area contributed by atoms with Crippen LogP contribution in [0.2, 0.25) is 0 Å². The van der Waals surface area contributed by atoms with E-state index in [9.17, 15) is 9.90 Å². The van der Waals surface area contributed by atoms with Crippen LogP contribution in [0.3, 0.4) is 0 Å². The molecule has 0 spiro atoms. The van der Waals surface area contributed by atoms with Crippen LogP contribution in [-0.4, -0.2) is 31.1 Å². The van der Waals surface area contributed by atoms with Gasteiger partial charge in [0, 0.05) is 18.0 Å². The Morgan fingerprint density at radius 3 is 1.90 bits per heavy atom. The maximum atomic E-state index is 10.6. The predicted molar refractivity (Wildman–Crippen MR) is 126 cm³/mol. The van der Waals surface area contributed by atoms with Gasteiger partial charge in [0.05, 0.1) is 20.6 Å². The number of benzene rings is 1. The molecule has 1 aromatic rings. The van der Waals surface area contributed by atoms with Crippen molar-refractivity contribution in [1.29, 1.82) is 0 Å². The van der Waals surface area contributed by atoms with Gasteiger partial charge >= 0.3 is 0 Å². The zero-order valence-corrected chi connectivity index (χ0v) is 20.0. The zero-order valence-electron chi connectivity index (χ0n) is 20.0. The Morgan fingerprint density at radius 1 is 0.800 bits per heavy atom. The lowest BCUT2D eigenvalue weighted by Crippen LogP contribution is -2.44. The van der Waals surface area contributed by atoms with Gasteiger partial charge < -0.3 is 14.4 Å². The van der Waals surface area contributed by atoms with E-state index in [1.807, 2.05) is 0 Å². The van der Waals surface area contributed by atoms with Crippen molar-refractivity contribution in [1.82, 2.24) is 0 Å². The minimum Gasteiger partial charge on any atom is -0.550 e. The third-order valence-corrected chi connectivity index (χ3v) is 6.47. The molecule has 0 aliphatic carbocycles. The van der Waals surface area contributed by atoms with Crippen molar-refractivity contribution in [2.24, 2.45) is 0 Å². The third kappa shape index (κ3) is 12.4. The number of hydrogen-bond donors (Lipinski definition) is 0. The van der Waals surface area contributed by atoms with E-state index in [1.54, 1.807) is 0 Å². The molecule has 0 saturated heterocycles. The number of carboxylic acids is 1. The quantitative estimate of drug-likeness (QED) is 0.192. The summed E-state index contributed by atoms with van der Waals surface area (Å²) in [5, 5.41) is 10.6. The Hall–Kier alpha value is -1.35. The molecule has 1 aromatic carbocycles. The first-order valence-electron chi connectivity index (χ1n) is 12.5. The highest BCUT2D eigenvalue weighted by molar-refractivity contribution is 5.64. The molecule has 0 amide bonds. The summed E-state index contributed by atoms with van der Waals surface area (Å²) in [4.78, 5) is 10.6. The largest absolute Gasteiger partial charge is 0.550 e. The number of rotatable bonds is 19. The molecule has 0 aliphatic rings. The Labute approximate surface area is 186 Å².